The van der Waals surface area contributed by atoms with Crippen LogP contribution >= 0.6 is 0 Å². The summed E-state index contributed by atoms with van der Waals surface area (Å²) in [6.07, 6.45) is 12.0. The summed E-state index contributed by atoms with van der Waals surface area (Å²) in [5.74, 6) is 1.58. The Bertz CT molecular complexity index is 396. The Labute approximate surface area is 118 Å². The van der Waals surface area contributed by atoms with Crippen LogP contribution in [0.25, 0.3) is 0 Å². The molecule has 4 unspecified atom stereocenters. The van der Waals surface area contributed by atoms with Crippen molar-refractivity contribution in [3.8, 4) is 0 Å². The third-order valence-electron chi connectivity index (χ3n) is 7.12. The third-order valence-corrected chi connectivity index (χ3v) is 7.12. The highest BCUT2D eigenvalue weighted by molar-refractivity contribution is 5.15. The van der Waals surface area contributed by atoms with Crippen LogP contribution in [0.1, 0.15) is 78.6 Å². The average molecular weight is 262 g/mol. The summed E-state index contributed by atoms with van der Waals surface area (Å²) in [7, 11) is 0. The molecular formula is C18H30O. The molecule has 1 heteroatoms. The van der Waals surface area contributed by atoms with E-state index in [1.807, 2.05) is 0 Å². The maximum Gasteiger partial charge on any atom is 0.0685 e. The van der Waals surface area contributed by atoms with Crippen LogP contribution in [-0.2, 0) is 0 Å². The Balaban J connectivity index is 1.61. The average Bonchev–Trinajstić information content (AvgIpc) is 2.81. The van der Waals surface area contributed by atoms with E-state index in [2.05, 4.69) is 20.8 Å². The number of rotatable bonds is 3. The van der Waals surface area contributed by atoms with Crippen LogP contribution in [0.3, 0.4) is 0 Å². The van der Waals surface area contributed by atoms with Gasteiger partial charge in [0.1, 0.15) is 0 Å². The molecule has 0 aromatic heterocycles. The minimum atomic E-state index is -0.271. The first-order valence-corrected chi connectivity index (χ1v) is 8.50. The maximum absolute atomic E-state index is 10.8. The molecule has 1 N–H and O–H groups in total. The summed E-state index contributed by atoms with van der Waals surface area (Å²) in [5, 5.41) is 10.8. The predicted molar refractivity (Wildman–Crippen MR) is 77.8 cm³/mol. The Morgan fingerprint density at radius 3 is 2.05 bits per heavy atom. The molecule has 1 nitrogen and oxygen atoms in total. The predicted octanol–water partition coefficient (Wildman–Crippen LogP) is 4.53. The molecule has 0 heterocycles. The molecule has 0 aliphatic heterocycles. The summed E-state index contributed by atoms with van der Waals surface area (Å²) in [5.41, 5.74) is 1.43. The molecule has 4 atom stereocenters. The topological polar surface area (TPSA) is 20.2 Å². The molecule has 5 rings (SSSR count). The summed E-state index contributed by atoms with van der Waals surface area (Å²) in [6.45, 7) is 7.32. The number of hydrogen-bond donors (Lipinski definition) is 1. The highest BCUT2D eigenvalue weighted by Gasteiger charge is 2.64. The van der Waals surface area contributed by atoms with E-state index in [9.17, 15) is 5.11 Å². The largest absolute Gasteiger partial charge is 0.390 e. The van der Waals surface area contributed by atoms with E-state index in [0.717, 1.165) is 18.8 Å². The standard InChI is InChI=1S/C18H30O/c1-4-14-8-18(14,19)12-17-7-13-5-15(2,10-17)9-16(3,6-13)11-17/h13-14,19H,4-12H2,1-3H3. The Kier molecular flexibility index (Phi) is 2.27. The van der Waals surface area contributed by atoms with Crippen molar-refractivity contribution in [1.29, 1.82) is 0 Å². The second kappa shape index (κ2) is 3.40. The SMILES string of the molecule is CCC1CC1(O)CC12CC3CC(C)(CC(C)(C3)C1)C2. The quantitative estimate of drug-likeness (QED) is 0.792. The van der Waals surface area contributed by atoms with E-state index in [1.54, 1.807) is 0 Å². The van der Waals surface area contributed by atoms with Gasteiger partial charge in [0.2, 0.25) is 0 Å². The van der Waals surface area contributed by atoms with Crippen molar-refractivity contribution in [3.63, 3.8) is 0 Å². The molecular weight excluding hydrogens is 232 g/mol. The second-order valence-electron chi connectivity index (χ2n) is 9.72. The van der Waals surface area contributed by atoms with Crippen LogP contribution in [-0.4, -0.2) is 10.7 Å². The van der Waals surface area contributed by atoms with Gasteiger partial charge in [0, 0.05) is 0 Å². The van der Waals surface area contributed by atoms with Gasteiger partial charge >= 0.3 is 0 Å². The molecule has 5 aliphatic rings. The summed E-state index contributed by atoms with van der Waals surface area (Å²) in [4.78, 5) is 0. The second-order valence-corrected chi connectivity index (χ2v) is 9.72. The van der Waals surface area contributed by atoms with Crippen LogP contribution in [0.2, 0.25) is 0 Å². The van der Waals surface area contributed by atoms with Crippen molar-refractivity contribution in [2.24, 2.45) is 28.1 Å². The van der Waals surface area contributed by atoms with Gasteiger partial charge in [0.25, 0.3) is 0 Å². The molecule has 0 radical (unpaired) electrons. The van der Waals surface area contributed by atoms with Crippen molar-refractivity contribution < 1.29 is 5.11 Å². The first kappa shape index (κ1) is 12.7. The zero-order valence-corrected chi connectivity index (χ0v) is 13.0. The Hall–Kier alpha value is -0.0400. The summed E-state index contributed by atoms with van der Waals surface area (Å²) >= 11 is 0. The summed E-state index contributed by atoms with van der Waals surface area (Å²) < 4.78 is 0. The van der Waals surface area contributed by atoms with Gasteiger partial charge in [-0.3, -0.25) is 0 Å². The lowest BCUT2D eigenvalue weighted by atomic mass is 9.39. The van der Waals surface area contributed by atoms with Crippen LogP contribution in [0, 0.1) is 28.1 Å². The van der Waals surface area contributed by atoms with Gasteiger partial charge in [0.05, 0.1) is 5.60 Å². The smallest absolute Gasteiger partial charge is 0.0685 e. The van der Waals surface area contributed by atoms with Crippen molar-refractivity contribution in [2.45, 2.75) is 84.2 Å². The minimum absolute atomic E-state index is 0.271. The van der Waals surface area contributed by atoms with Gasteiger partial charge in [-0.2, -0.15) is 0 Å². The van der Waals surface area contributed by atoms with Crippen molar-refractivity contribution >= 4 is 0 Å². The fourth-order valence-electron chi connectivity index (χ4n) is 7.64. The van der Waals surface area contributed by atoms with Crippen LogP contribution in [0.5, 0.6) is 0 Å². The summed E-state index contributed by atoms with van der Waals surface area (Å²) in [6, 6.07) is 0. The highest BCUT2D eigenvalue weighted by atomic mass is 16.3. The fourth-order valence-corrected chi connectivity index (χ4v) is 7.64. The molecule has 0 spiro atoms. The van der Waals surface area contributed by atoms with Gasteiger partial charge in [-0.05, 0) is 79.4 Å². The van der Waals surface area contributed by atoms with Crippen molar-refractivity contribution in [2.75, 3.05) is 0 Å². The van der Waals surface area contributed by atoms with E-state index in [-0.39, 0.29) is 5.60 Å². The highest BCUT2D eigenvalue weighted by Crippen LogP contribution is 2.72. The lowest BCUT2D eigenvalue weighted by Gasteiger charge is -2.66. The van der Waals surface area contributed by atoms with E-state index < -0.39 is 0 Å². The molecule has 5 saturated carbocycles. The Morgan fingerprint density at radius 2 is 1.58 bits per heavy atom. The van der Waals surface area contributed by atoms with Crippen LogP contribution in [0.15, 0.2) is 0 Å². The van der Waals surface area contributed by atoms with Gasteiger partial charge in [-0.25, -0.2) is 0 Å². The third kappa shape index (κ3) is 1.83. The molecule has 5 aliphatic carbocycles. The molecule has 0 aromatic carbocycles. The first-order valence-electron chi connectivity index (χ1n) is 8.50. The van der Waals surface area contributed by atoms with E-state index in [1.165, 1.54) is 44.9 Å². The lowest BCUT2D eigenvalue weighted by Crippen LogP contribution is -2.56. The Morgan fingerprint density at radius 1 is 0.947 bits per heavy atom. The van der Waals surface area contributed by atoms with Gasteiger partial charge in [-0.15, -0.1) is 0 Å². The van der Waals surface area contributed by atoms with Gasteiger partial charge < -0.3 is 5.11 Å². The van der Waals surface area contributed by atoms with Crippen molar-refractivity contribution in [3.05, 3.63) is 0 Å². The molecule has 0 aromatic rings. The van der Waals surface area contributed by atoms with Crippen molar-refractivity contribution in [1.82, 2.24) is 0 Å². The van der Waals surface area contributed by atoms with Gasteiger partial charge in [-0.1, -0.05) is 27.2 Å². The molecule has 108 valence electrons. The lowest BCUT2D eigenvalue weighted by molar-refractivity contribution is -0.160. The van der Waals surface area contributed by atoms with E-state index in [0.29, 0.717) is 22.2 Å². The minimum Gasteiger partial charge on any atom is -0.390 e. The van der Waals surface area contributed by atoms with Crippen LogP contribution in [0.4, 0.5) is 0 Å². The first-order chi connectivity index (χ1) is 8.78. The number of aliphatic hydroxyl groups is 1. The molecule has 0 saturated heterocycles. The zero-order chi connectivity index (χ0) is 13.5. The molecule has 19 heavy (non-hydrogen) atoms. The van der Waals surface area contributed by atoms with E-state index in [4.69, 9.17) is 0 Å². The zero-order valence-electron chi connectivity index (χ0n) is 13.0. The maximum atomic E-state index is 10.8. The molecule has 5 fully saturated rings. The monoisotopic (exact) mass is 262 g/mol. The molecule has 4 bridgehead atoms. The van der Waals surface area contributed by atoms with E-state index >= 15 is 0 Å². The van der Waals surface area contributed by atoms with Crippen LogP contribution < -0.4 is 0 Å². The normalized spacial score (nSPS) is 62.5. The molecule has 0 amide bonds. The fraction of sp³-hybridized carbons (Fsp3) is 1.00. The number of hydrogen-bond acceptors (Lipinski definition) is 1. The van der Waals surface area contributed by atoms with Gasteiger partial charge in [0.15, 0.2) is 0 Å².